The number of amides is 1. The summed E-state index contributed by atoms with van der Waals surface area (Å²) in [6, 6.07) is 9.24. The molecule has 0 unspecified atom stereocenters. The van der Waals surface area contributed by atoms with E-state index in [1.165, 1.54) is 0 Å². The summed E-state index contributed by atoms with van der Waals surface area (Å²) < 4.78 is 1.81. The molecule has 103 valence electrons. The summed E-state index contributed by atoms with van der Waals surface area (Å²) in [4.78, 5) is 15.5. The van der Waals surface area contributed by atoms with Crippen LogP contribution in [0.4, 0.5) is 11.4 Å². The third kappa shape index (κ3) is 4.73. The van der Waals surface area contributed by atoms with Crippen molar-refractivity contribution >= 4 is 17.3 Å². The Morgan fingerprint density at radius 2 is 1.76 bits per heavy atom. The molecular formula is C16H16N3OY+. The van der Waals surface area contributed by atoms with E-state index in [0.29, 0.717) is 5.69 Å². The van der Waals surface area contributed by atoms with Crippen molar-refractivity contribution < 1.29 is 42.1 Å². The van der Waals surface area contributed by atoms with Gasteiger partial charge in [0.25, 0.3) is 5.91 Å². The third-order valence-corrected chi connectivity index (χ3v) is 3.01. The topological polar surface area (TPSA) is 37.3 Å². The van der Waals surface area contributed by atoms with Gasteiger partial charge in [0.2, 0.25) is 6.54 Å². The van der Waals surface area contributed by atoms with E-state index >= 15 is 0 Å². The molecule has 1 aromatic carbocycles. The van der Waals surface area contributed by atoms with E-state index in [1.807, 2.05) is 49.0 Å². The van der Waals surface area contributed by atoms with Crippen molar-refractivity contribution in [2.75, 3.05) is 5.32 Å². The van der Waals surface area contributed by atoms with Gasteiger partial charge in [0.15, 0.2) is 18.1 Å². The molecule has 1 N–H and O–H groups in total. The molecule has 1 amide bonds. The Labute approximate surface area is 149 Å². The Morgan fingerprint density at radius 1 is 1.19 bits per heavy atom. The number of nitrogens with zero attached hydrogens (tertiary/aromatic N) is 2. The monoisotopic (exact) mass is 355 g/mol. The number of carbonyl (C=O) groups is 1. The summed E-state index contributed by atoms with van der Waals surface area (Å²) in [5, 5.41) is 2.92. The van der Waals surface area contributed by atoms with Crippen LogP contribution in [0.1, 0.15) is 11.1 Å². The zero-order valence-corrected chi connectivity index (χ0v) is 15.0. The van der Waals surface area contributed by atoms with Gasteiger partial charge in [-0.15, -0.1) is 0 Å². The Hall–Kier alpha value is -1.57. The van der Waals surface area contributed by atoms with Gasteiger partial charge in [-0.25, -0.2) is 4.85 Å². The fourth-order valence-electron chi connectivity index (χ4n) is 2.09. The molecule has 4 nitrogen and oxygen atoms in total. The first-order valence-electron chi connectivity index (χ1n) is 6.33. The van der Waals surface area contributed by atoms with Crippen molar-refractivity contribution in [3.05, 3.63) is 65.3 Å². The molecule has 0 spiro atoms. The van der Waals surface area contributed by atoms with Gasteiger partial charge in [-0.3, -0.25) is 4.79 Å². The Balaban J connectivity index is 0.00000220. The number of aryl methyl sites for hydroxylation is 2. The number of anilines is 1. The SMILES string of the molecule is [C-]#[N+]c1cc(C)c(NC(=O)C[n+]2ccccc2)c(C)c1.[Y]. The van der Waals surface area contributed by atoms with Crippen LogP contribution in [0.25, 0.3) is 4.85 Å². The minimum Gasteiger partial charge on any atom is -0.320 e. The van der Waals surface area contributed by atoms with Crippen molar-refractivity contribution in [2.45, 2.75) is 20.4 Å². The summed E-state index contributed by atoms with van der Waals surface area (Å²) in [6.07, 6.45) is 3.70. The van der Waals surface area contributed by atoms with Gasteiger partial charge in [-0.05, 0) is 25.0 Å². The molecule has 0 atom stereocenters. The first-order chi connectivity index (χ1) is 9.60. The van der Waals surface area contributed by atoms with Crippen LogP contribution in [0.2, 0.25) is 0 Å². The van der Waals surface area contributed by atoms with Crippen LogP contribution >= 0.6 is 0 Å². The number of carbonyl (C=O) groups excluding carboxylic acids is 1. The zero-order valence-electron chi connectivity index (χ0n) is 12.1. The molecule has 1 heterocycles. The van der Waals surface area contributed by atoms with Crippen molar-refractivity contribution in [2.24, 2.45) is 0 Å². The second kappa shape index (κ2) is 8.02. The third-order valence-electron chi connectivity index (χ3n) is 3.01. The van der Waals surface area contributed by atoms with Crippen molar-refractivity contribution in [3.63, 3.8) is 0 Å². The van der Waals surface area contributed by atoms with Crippen LogP contribution in [0.5, 0.6) is 0 Å². The minimum absolute atomic E-state index is 0. The van der Waals surface area contributed by atoms with E-state index in [4.69, 9.17) is 6.57 Å². The number of benzene rings is 1. The molecule has 0 saturated heterocycles. The van der Waals surface area contributed by atoms with Gasteiger partial charge >= 0.3 is 0 Å². The standard InChI is InChI=1S/C16H15N3O.Y/c1-12-9-14(17-3)10-13(2)16(12)18-15(20)11-19-7-5-4-6-8-19;/h4-10H,11H2,1-2H3;/p+1. The fourth-order valence-corrected chi connectivity index (χ4v) is 2.09. The first kappa shape index (κ1) is 17.5. The van der Waals surface area contributed by atoms with Crippen LogP contribution < -0.4 is 9.88 Å². The normalized spacial score (nSPS) is 9.38. The van der Waals surface area contributed by atoms with Crippen LogP contribution in [0, 0.1) is 20.4 Å². The van der Waals surface area contributed by atoms with Crippen LogP contribution in [0.3, 0.4) is 0 Å². The predicted octanol–water partition coefficient (Wildman–Crippen LogP) is 2.78. The molecule has 1 radical (unpaired) electrons. The Bertz CT molecular complexity index is 655. The molecule has 5 heteroatoms. The number of nitrogens with one attached hydrogen (secondary N) is 1. The molecule has 0 bridgehead atoms. The maximum atomic E-state index is 12.0. The largest absolute Gasteiger partial charge is 0.320 e. The molecule has 1 aromatic heterocycles. The molecule has 0 aliphatic rings. The summed E-state index contributed by atoms with van der Waals surface area (Å²) in [5.74, 6) is -0.0806. The first-order valence-corrected chi connectivity index (χ1v) is 6.33. The Kier molecular flexibility index (Phi) is 6.68. The minimum atomic E-state index is -0.0806. The zero-order chi connectivity index (χ0) is 14.5. The van der Waals surface area contributed by atoms with E-state index < -0.39 is 0 Å². The number of pyridine rings is 1. The molecular weight excluding hydrogens is 339 g/mol. The van der Waals surface area contributed by atoms with Gasteiger partial charge in [0.05, 0.1) is 6.57 Å². The van der Waals surface area contributed by atoms with Crippen molar-refractivity contribution in [3.8, 4) is 0 Å². The van der Waals surface area contributed by atoms with E-state index in [-0.39, 0.29) is 45.2 Å². The molecule has 0 fully saturated rings. The molecule has 21 heavy (non-hydrogen) atoms. The van der Waals surface area contributed by atoms with Gasteiger partial charge in [0, 0.05) is 50.5 Å². The van der Waals surface area contributed by atoms with Crippen LogP contribution in [-0.4, -0.2) is 5.91 Å². The average Bonchev–Trinajstić information content (AvgIpc) is 2.43. The van der Waals surface area contributed by atoms with E-state index in [2.05, 4.69) is 10.2 Å². The van der Waals surface area contributed by atoms with Gasteiger partial charge < -0.3 is 5.32 Å². The maximum absolute atomic E-state index is 12.0. The number of rotatable bonds is 3. The summed E-state index contributed by atoms with van der Waals surface area (Å²) >= 11 is 0. The predicted molar refractivity (Wildman–Crippen MR) is 77.4 cm³/mol. The van der Waals surface area contributed by atoms with E-state index in [0.717, 1.165) is 16.8 Å². The second-order valence-electron chi connectivity index (χ2n) is 4.66. The molecule has 0 saturated carbocycles. The van der Waals surface area contributed by atoms with Gasteiger partial charge in [0.1, 0.15) is 0 Å². The van der Waals surface area contributed by atoms with Gasteiger partial charge in [-0.2, -0.15) is 4.57 Å². The maximum Gasteiger partial charge on any atom is 0.290 e. The summed E-state index contributed by atoms with van der Waals surface area (Å²) in [5.41, 5.74) is 3.19. The fraction of sp³-hybridized carbons (Fsp3) is 0.188. The Morgan fingerprint density at radius 3 is 2.29 bits per heavy atom. The molecule has 2 aromatic rings. The summed E-state index contributed by atoms with van der Waals surface area (Å²) in [7, 11) is 0. The number of hydrogen-bond donors (Lipinski definition) is 1. The molecule has 0 aliphatic heterocycles. The van der Waals surface area contributed by atoms with Crippen LogP contribution in [0.15, 0.2) is 42.7 Å². The smallest absolute Gasteiger partial charge is 0.290 e. The average molecular weight is 355 g/mol. The van der Waals surface area contributed by atoms with Crippen molar-refractivity contribution in [1.82, 2.24) is 0 Å². The number of hydrogen-bond acceptors (Lipinski definition) is 1. The number of aromatic nitrogens is 1. The quantitative estimate of drug-likeness (QED) is 0.667. The van der Waals surface area contributed by atoms with Crippen molar-refractivity contribution in [1.29, 1.82) is 0 Å². The molecule has 0 aliphatic carbocycles. The van der Waals surface area contributed by atoms with Gasteiger partial charge in [-0.1, -0.05) is 18.2 Å². The van der Waals surface area contributed by atoms with E-state index in [1.54, 1.807) is 12.1 Å². The molecule has 2 rings (SSSR count). The van der Waals surface area contributed by atoms with E-state index in [9.17, 15) is 4.79 Å². The van der Waals surface area contributed by atoms with Crippen LogP contribution in [-0.2, 0) is 44.0 Å². The second-order valence-corrected chi connectivity index (χ2v) is 4.66. The summed E-state index contributed by atoms with van der Waals surface area (Å²) in [6.45, 7) is 11.1.